The standard InChI is InChI=1S/C11H20F3NO/c12-11(13,14)6-3-9-16-8-2-5-10-4-1-7-15-10/h10,15H,1-9H2. The SMILES string of the molecule is FC(F)(F)CCCOCCCC1CCCN1. The van der Waals surface area contributed by atoms with Gasteiger partial charge in [-0.2, -0.15) is 13.2 Å². The van der Waals surface area contributed by atoms with Crippen LogP contribution in [-0.2, 0) is 4.74 Å². The van der Waals surface area contributed by atoms with E-state index in [1.807, 2.05) is 0 Å². The van der Waals surface area contributed by atoms with Crippen LogP contribution >= 0.6 is 0 Å². The Morgan fingerprint density at radius 1 is 1.19 bits per heavy atom. The van der Waals surface area contributed by atoms with Crippen molar-refractivity contribution >= 4 is 0 Å². The first-order valence-electron chi connectivity index (χ1n) is 5.96. The van der Waals surface area contributed by atoms with Gasteiger partial charge in [0.2, 0.25) is 0 Å². The lowest BCUT2D eigenvalue weighted by Crippen LogP contribution is -2.21. The summed E-state index contributed by atoms with van der Waals surface area (Å²) < 4.78 is 40.5. The van der Waals surface area contributed by atoms with Crippen LogP contribution in [0.1, 0.15) is 38.5 Å². The van der Waals surface area contributed by atoms with E-state index in [4.69, 9.17) is 4.74 Å². The summed E-state index contributed by atoms with van der Waals surface area (Å²) in [5, 5.41) is 3.37. The Morgan fingerprint density at radius 2 is 1.94 bits per heavy atom. The lowest BCUT2D eigenvalue weighted by molar-refractivity contribution is -0.137. The topological polar surface area (TPSA) is 21.3 Å². The van der Waals surface area contributed by atoms with Gasteiger partial charge in [-0.15, -0.1) is 0 Å². The minimum Gasteiger partial charge on any atom is -0.381 e. The molecule has 1 atom stereocenters. The maximum Gasteiger partial charge on any atom is 0.389 e. The second-order valence-corrected chi connectivity index (χ2v) is 4.27. The Labute approximate surface area is 94.5 Å². The highest BCUT2D eigenvalue weighted by Crippen LogP contribution is 2.21. The van der Waals surface area contributed by atoms with Crippen LogP contribution in [0.3, 0.4) is 0 Å². The van der Waals surface area contributed by atoms with E-state index in [2.05, 4.69) is 5.32 Å². The molecule has 1 N–H and O–H groups in total. The monoisotopic (exact) mass is 239 g/mol. The first-order valence-corrected chi connectivity index (χ1v) is 5.96. The Kier molecular flexibility index (Phi) is 6.13. The van der Waals surface area contributed by atoms with Gasteiger partial charge in [0.1, 0.15) is 0 Å². The molecule has 1 rings (SSSR count). The molecule has 0 aliphatic carbocycles. The fourth-order valence-corrected chi connectivity index (χ4v) is 1.91. The molecule has 16 heavy (non-hydrogen) atoms. The van der Waals surface area contributed by atoms with Gasteiger partial charge in [-0.3, -0.25) is 0 Å². The lowest BCUT2D eigenvalue weighted by Gasteiger charge is -2.10. The molecule has 1 aliphatic heterocycles. The number of ether oxygens (including phenoxy) is 1. The van der Waals surface area contributed by atoms with E-state index in [1.165, 1.54) is 12.8 Å². The summed E-state index contributed by atoms with van der Waals surface area (Å²) in [5.74, 6) is 0. The molecule has 0 amide bonds. The summed E-state index contributed by atoms with van der Waals surface area (Å²) in [5.41, 5.74) is 0. The van der Waals surface area contributed by atoms with E-state index in [9.17, 15) is 13.2 Å². The van der Waals surface area contributed by atoms with Crippen molar-refractivity contribution in [3.8, 4) is 0 Å². The second kappa shape index (κ2) is 7.12. The minimum absolute atomic E-state index is 0.0746. The number of alkyl halides is 3. The fourth-order valence-electron chi connectivity index (χ4n) is 1.91. The Hall–Kier alpha value is -0.290. The Balaban J connectivity index is 1.81. The third kappa shape index (κ3) is 7.06. The summed E-state index contributed by atoms with van der Waals surface area (Å²) in [7, 11) is 0. The molecule has 5 heteroatoms. The summed E-state index contributed by atoms with van der Waals surface area (Å²) in [4.78, 5) is 0. The predicted molar refractivity (Wildman–Crippen MR) is 56.4 cm³/mol. The van der Waals surface area contributed by atoms with E-state index >= 15 is 0 Å². The van der Waals surface area contributed by atoms with Gasteiger partial charge in [0.05, 0.1) is 0 Å². The van der Waals surface area contributed by atoms with E-state index in [-0.39, 0.29) is 13.0 Å². The number of halogens is 3. The zero-order chi connectivity index (χ0) is 11.9. The van der Waals surface area contributed by atoms with Crippen LogP contribution in [0.25, 0.3) is 0 Å². The van der Waals surface area contributed by atoms with E-state index in [0.717, 1.165) is 19.4 Å². The molecule has 2 nitrogen and oxygen atoms in total. The quantitative estimate of drug-likeness (QED) is 0.690. The molecule has 96 valence electrons. The largest absolute Gasteiger partial charge is 0.389 e. The van der Waals surface area contributed by atoms with Crippen molar-refractivity contribution in [3.63, 3.8) is 0 Å². The molecular formula is C11H20F3NO. The van der Waals surface area contributed by atoms with Crippen molar-refractivity contribution in [2.45, 2.75) is 50.7 Å². The minimum atomic E-state index is -4.04. The van der Waals surface area contributed by atoms with E-state index in [1.54, 1.807) is 0 Å². The smallest absolute Gasteiger partial charge is 0.381 e. The molecule has 0 bridgehead atoms. The highest BCUT2D eigenvalue weighted by Gasteiger charge is 2.25. The van der Waals surface area contributed by atoms with Crippen molar-refractivity contribution in [2.24, 2.45) is 0 Å². The van der Waals surface area contributed by atoms with Gasteiger partial charge in [-0.1, -0.05) is 0 Å². The predicted octanol–water partition coefficient (Wildman–Crippen LogP) is 2.88. The van der Waals surface area contributed by atoms with Gasteiger partial charge in [0.15, 0.2) is 0 Å². The third-order valence-corrected chi connectivity index (χ3v) is 2.75. The summed E-state index contributed by atoms with van der Waals surface area (Å²) in [6, 6.07) is 0.596. The lowest BCUT2D eigenvalue weighted by atomic mass is 10.1. The fraction of sp³-hybridized carbons (Fsp3) is 1.00. The zero-order valence-corrected chi connectivity index (χ0v) is 9.48. The zero-order valence-electron chi connectivity index (χ0n) is 9.48. The van der Waals surface area contributed by atoms with E-state index in [0.29, 0.717) is 12.6 Å². The maximum absolute atomic E-state index is 11.8. The normalized spacial score (nSPS) is 21.6. The summed E-state index contributed by atoms with van der Waals surface area (Å²) in [6.07, 6.45) is -0.256. The van der Waals surface area contributed by atoms with Crippen molar-refractivity contribution in [1.29, 1.82) is 0 Å². The average molecular weight is 239 g/mol. The highest BCUT2D eigenvalue weighted by atomic mass is 19.4. The molecule has 1 aliphatic rings. The van der Waals surface area contributed by atoms with Crippen LogP contribution in [0.2, 0.25) is 0 Å². The maximum atomic E-state index is 11.8. The van der Waals surface area contributed by atoms with Crippen LogP contribution < -0.4 is 5.32 Å². The van der Waals surface area contributed by atoms with Crippen molar-refractivity contribution in [3.05, 3.63) is 0 Å². The van der Waals surface area contributed by atoms with Crippen LogP contribution in [-0.4, -0.2) is 32.0 Å². The van der Waals surface area contributed by atoms with Crippen LogP contribution in [0.15, 0.2) is 0 Å². The Morgan fingerprint density at radius 3 is 2.56 bits per heavy atom. The molecule has 1 saturated heterocycles. The van der Waals surface area contributed by atoms with E-state index < -0.39 is 12.6 Å². The average Bonchev–Trinajstić information content (AvgIpc) is 2.67. The first kappa shape index (κ1) is 13.8. The molecule has 1 unspecified atom stereocenters. The van der Waals surface area contributed by atoms with Crippen LogP contribution in [0.4, 0.5) is 13.2 Å². The van der Waals surface area contributed by atoms with Crippen molar-refractivity contribution in [2.75, 3.05) is 19.8 Å². The molecule has 1 fully saturated rings. The van der Waals surface area contributed by atoms with Crippen molar-refractivity contribution in [1.82, 2.24) is 5.32 Å². The van der Waals surface area contributed by atoms with Crippen LogP contribution in [0.5, 0.6) is 0 Å². The number of nitrogens with one attached hydrogen (secondary N) is 1. The van der Waals surface area contributed by atoms with Gasteiger partial charge in [-0.05, 0) is 38.6 Å². The molecule has 0 saturated carbocycles. The van der Waals surface area contributed by atoms with Gasteiger partial charge < -0.3 is 10.1 Å². The highest BCUT2D eigenvalue weighted by molar-refractivity contribution is 4.73. The molecule has 0 aromatic carbocycles. The third-order valence-electron chi connectivity index (χ3n) is 2.75. The van der Waals surface area contributed by atoms with Crippen molar-refractivity contribution < 1.29 is 17.9 Å². The molecule has 1 heterocycles. The summed E-state index contributed by atoms with van der Waals surface area (Å²) >= 11 is 0. The summed E-state index contributed by atoms with van der Waals surface area (Å²) in [6.45, 7) is 1.89. The van der Waals surface area contributed by atoms with Gasteiger partial charge in [-0.25, -0.2) is 0 Å². The number of hydrogen-bond donors (Lipinski definition) is 1. The molecule has 0 spiro atoms. The Bertz CT molecular complexity index is 179. The molecular weight excluding hydrogens is 219 g/mol. The van der Waals surface area contributed by atoms with Crippen LogP contribution in [0, 0.1) is 0 Å². The van der Waals surface area contributed by atoms with Gasteiger partial charge in [0.25, 0.3) is 0 Å². The molecule has 0 aromatic heterocycles. The molecule has 0 radical (unpaired) electrons. The van der Waals surface area contributed by atoms with Gasteiger partial charge >= 0.3 is 6.18 Å². The number of hydrogen-bond acceptors (Lipinski definition) is 2. The first-order chi connectivity index (χ1) is 7.58. The van der Waals surface area contributed by atoms with Gasteiger partial charge in [0, 0.05) is 25.7 Å². The molecule has 0 aromatic rings. The number of rotatable bonds is 7. The second-order valence-electron chi connectivity index (χ2n) is 4.27.